The van der Waals surface area contributed by atoms with Crippen LogP contribution in [0, 0.1) is 18.4 Å². The standard InChI is InChI=1S/C10H8N2O/c1-7-4-8-5-9(13-6-11)2-3-10(8)12-7/h2-5,12H,1H3. The number of fused-ring (bicyclic) bond motifs is 1. The van der Waals surface area contributed by atoms with E-state index in [1.165, 1.54) is 0 Å². The molecular weight excluding hydrogens is 164 g/mol. The van der Waals surface area contributed by atoms with Crippen LogP contribution in [0.4, 0.5) is 0 Å². The number of aromatic nitrogens is 1. The maximum absolute atomic E-state index is 8.32. The summed E-state index contributed by atoms with van der Waals surface area (Å²) >= 11 is 0. The highest BCUT2D eigenvalue weighted by Gasteiger charge is 1.99. The number of benzene rings is 1. The summed E-state index contributed by atoms with van der Waals surface area (Å²) in [6.07, 6.45) is 1.65. The molecule has 1 aromatic heterocycles. The van der Waals surface area contributed by atoms with E-state index in [1.54, 1.807) is 12.3 Å². The van der Waals surface area contributed by atoms with E-state index in [4.69, 9.17) is 10.00 Å². The molecule has 64 valence electrons. The van der Waals surface area contributed by atoms with Crippen molar-refractivity contribution in [3.05, 3.63) is 30.0 Å². The van der Waals surface area contributed by atoms with Crippen LogP contribution < -0.4 is 4.74 Å². The van der Waals surface area contributed by atoms with Crippen LogP contribution in [0.25, 0.3) is 10.9 Å². The van der Waals surface area contributed by atoms with Gasteiger partial charge in [-0.05, 0) is 31.2 Å². The zero-order valence-corrected chi connectivity index (χ0v) is 7.16. The molecule has 0 radical (unpaired) electrons. The van der Waals surface area contributed by atoms with Crippen LogP contribution in [-0.2, 0) is 0 Å². The van der Waals surface area contributed by atoms with Gasteiger partial charge in [0, 0.05) is 16.6 Å². The van der Waals surface area contributed by atoms with Crippen LogP contribution in [0.3, 0.4) is 0 Å². The molecule has 0 aliphatic heterocycles. The molecule has 0 amide bonds. The second-order valence-corrected chi connectivity index (χ2v) is 2.89. The van der Waals surface area contributed by atoms with Crippen molar-refractivity contribution in [2.75, 3.05) is 0 Å². The molecule has 0 aliphatic rings. The zero-order chi connectivity index (χ0) is 9.26. The lowest BCUT2D eigenvalue weighted by atomic mass is 10.2. The highest BCUT2D eigenvalue weighted by atomic mass is 16.5. The normalized spacial score (nSPS) is 9.85. The summed E-state index contributed by atoms with van der Waals surface area (Å²) in [4.78, 5) is 3.19. The summed E-state index contributed by atoms with van der Waals surface area (Å²) in [5.41, 5.74) is 2.16. The molecule has 2 rings (SSSR count). The number of nitrogens with one attached hydrogen (secondary N) is 1. The molecule has 0 fully saturated rings. The molecule has 0 aliphatic carbocycles. The molecule has 2 aromatic rings. The third-order valence-electron chi connectivity index (χ3n) is 1.89. The molecule has 1 heterocycles. The molecule has 0 saturated heterocycles. The maximum atomic E-state index is 8.32. The maximum Gasteiger partial charge on any atom is 0.292 e. The van der Waals surface area contributed by atoms with Crippen LogP contribution in [0.5, 0.6) is 5.75 Å². The summed E-state index contributed by atoms with van der Waals surface area (Å²) < 4.78 is 4.71. The quantitative estimate of drug-likeness (QED) is 0.671. The minimum atomic E-state index is 0.578. The van der Waals surface area contributed by atoms with Gasteiger partial charge in [0.25, 0.3) is 6.26 Å². The monoisotopic (exact) mass is 172 g/mol. The second-order valence-electron chi connectivity index (χ2n) is 2.89. The van der Waals surface area contributed by atoms with Crippen molar-refractivity contribution >= 4 is 10.9 Å². The third-order valence-corrected chi connectivity index (χ3v) is 1.89. The minimum Gasteiger partial charge on any atom is -0.388 e. The topological polar surface area (TPSA) is 48.8 Å². The molecule has 0 saturated carbocycles. The Morgan fingerprint density at radius 3 is 3.00 bits per heavy atom. The van der Waals surface area contributed by atoms with Crippen LogP contribution in [0.2, 0.25) is 0 Å². The van der Waals surface area contributed by atoms with Crippen molar-refractivity contribution in [2.45, 2.75) is 6.92 Å². The Bertz CT molecular complexity index is 479. The summed E-state index contributed by atoms with van der Waals surface area (Å²) in [6.45, 7) is 1.99. The van der Waals surface area contributed by atoms with Crippen LogP contribution in [0.1, 0.15) is 5.69 Å². The van der Waals surface area contributed by atoms with Gasteiger partial charge in [-0.25, -0.2) is 0 Å². The fourth-order valence-corrected chi connectivity index (χ4v) is 1.37. The average Bonchev–Trinajstić information content (AvgIpc) is 2.44. The first kappa shape index (κ1) is 7.69. The van der Waals surface area contributed by atoms with Gasteiger partial charge < -0.3 is 9.72 Å². The SMILES string of the molecule is Cc1cc2cc(OC#N)ccc2[nH]1. The van der Waals surface area contributed by atoms with E-state index >= 15 is 0 Å². The minimum absolute atomic E-state index is 0.578. The van der Waals surface area contributed by atoms with Crippen LogP contribution >= 0.6 is 0 Å². The van der Waals surface area contributed by atoms with Gasteiger partial charge in [-0.3, -0.25) is 0 Å². The number of nitriles is 1. The van der Waals surface area contributed by atoms with E-state index in [0.29, 0.717) is 5.75 Å². The molecule has 0 atom stereocenters. The van der Waals surface area contributed by atoms with Crippen molar-refractivity contribution in [2.24, 2.45) is 0 Å². The summed E-state index contributed by atoms with van der Waals surface area (Å²) in [5, 5.41) is 9.38. The number of H-pyrrole nitrogens is 1. The first-order valence-corrected chi connectivity index (χ1v) is 3.95. The van der Waals surface area contributed by atoms with E-state index < -0.39 is 0 Å². The number of aromatic amines is 1. The van der Waals surface area contributed by atoms with Gasteiger partial charge in [-0.15, -0.1) is 5.26 Å². The molecule has 3 heteroatoms. The van der Waals surface area contributed by atoms with E-state index in [-0.39, 0.29) is 0 Å². The Labute approximate surface area is 75.6 Å². The number of hydrogen-bond acceptors (Lipinski definition) is 2. The van der Waals surface area contributed by atoms with E-state index in [1.807, 2.05) is 25.1 Å². The molecule has 3 nitrogen and oxygen atoms in total. The molecule has 0 unspecified atom stereocenters. The zero-order valence-electron chi connectivity index (χ0n) is 7.16. The van der Waals surface area contributed by atoms with Gasteiger partial charge in [0.15, 0.2) is 0 Å². The fourth-order valence-electron chi connectivity index (χ4n) is 1.37. The van der Waals surface area contributed by atoms with Crippen molar-refractivity contribution in [1.29, 1.82) is 5.26 Å². The van der Waals surface area contributed by atoms with Gasteiger partial charge in [0.05, 0.1) is 0 Å². The summed E-state index contributed by atoms with van der Waals surface area (Å²) in [7, 11) is 0. The molecule has 13 heavy (non-hydrogen) atoms. The van der Waals surface area contributed by atoms with E-state index in [9.17, 15) is 0 Å². The number of ether oxygens (including phenoxy) is 1. The predicted molar refractivity (Wildman–Crippen MR) is 49.3 cm³/mol. The van der Waals surface area contributed by atoms with Crippen molar-refractivity contribution < 1.29 is 4.74 Å². The highest BCUT2D eigenvalue weighted by Crippen LogP contribution is 2.20. The summed E-state index contributed by atoms with van der Waals surface area (Å²) in [6, 6.07) is 7.51. The van der Waals surface area contributed by atoms with Crippen LogP contribution in [0.15, 0.2) is 24.3 Å². The molecule has 0 bridgehead atoms. The Kier molecular flexibility index (Phi) is 1.67. The lowest BCUT2D eigenvalue weighted by molar-refractivity contribution is 0.508. The predicted octanol–water partition coefficient (Wildman–Crippen LogP) is 2.34. The largest absolute Gasteiger partial charge is 0.388 e. The first-order valence-electron chi connectivity index (χ1n) is 3.95. The van der Waals surface area contributed by atoms with Crippen LogP contribution in [-0.4, -0.2) is 4.98 Å². The Hall–Kier alpha value is -1.95. The lowest BCUT2D eigenvalue weighted by Gasteiger charge is -1.94. The number of nitrogens with zero attached hydrogens (tertiary/aromatic N) is 1. The molecular formula is C10H8N2O. The number of aryl methyl sites for hydroxylation is 1. The van der Waals surface area contributed by atoms with Crippen molar-refractivity contribution in [1.82, 2.24) is 4.98 Å². The van der Waals surface area contributed by atoms with Gasteiger partial charge in [0.2, 0.25) is 0 Å². The molecule has 1 aromatic carbocycles. The molecule has 1 N–H and O–H groups in total. The Balaban J connectivity index is 2.56. The van der Waals surface area contributed by atoms with Crippen molar-refractivity contribution in [3.8, 4) is 12.0 Å². The van der Waals surface area contributed by atoms with Gasteiger partial charge in [-0.1, -0.05) is 0 Å². The smallest absolute Gasteiger partial charge is 0.292 e. The number of hydrogen-bond donors (Lipinski definition) is 1. The average molecular weight is 172 g/mol. The second kappa shape index (κ2) is 2.83. The fraction of sp³-hybridized carbons (Fsp3) is 0.100. The number of rotatable bonds is 1. The van der Waals surface area contributed by atoms with Gasteiger partial charge in [-0.2, -0.15) is 0 Å². The third kappa shape index (κ3) is 1.34. The van der Waals surface area contributed by atoms with Crippen molar-refractivity contribution in [3.63, 3.8) is 0 Å². The molecule has 0 spiro atoms. The first-order chi connectivity index (χ1) is 6.29. The van der Waals surface area contributed by atoms with E-state index in [2.05, 4.69) is 4.98 Å². The summed E-state index contributed by atoms with van der Waals surface area (Å²) in [5.74, 6) is 0.578. The van der Waals surface area contributed by atoms with E-state index in [0.717, 1.165) is 16.6 Å². The highest BCUT2D eigenvalue weighted by molar-refractivity contribution is 5.81. The van der Waals surface area contributed by atoms with Gasteiger partial charge >= 0.3 is 0 Å². The lowest BCUT2D eigenvalue weighted by Crippen LogP contribution is -1.80. The van der Waals surface area contributed by atoms with Gasteiger partial charge in [0.1, 0.15) is 5.75 Å². The Morgan fingerprint density at radius 1 is 1.38 bits per heavy atom. The Morgan fingerprint density at radius 2 is 2.23 bits per heavy atom.